The van der Waals surface area contributed by atoms with Crippen LogP contribution in [0.2, 0.25) is 0 Å². The lowest BCUT2D eigenvalue weighted by molar-refractivity contribution is -0.137. The van der Waals surface area contributed by atoms with E-state index in [1.807, 2.05) is 18.2 Å². The number of unbranched alkanes of at least 4 members (excludes halogenated alkanes) is 1. The molecule has 0 fully saturated rings. The monoisotopic (exact) mass is 218 g/mol. The van der Waals surface area contributed by atoms with Gasteiger partial charge in [0.1, 0.15) is 0 Å². The predicted octanol–water partition coefficient (Wildman–Crippen LogP) is 3.43. The maximum Gasteiger partial charge on any atom is 0.303 e. The second-order valence-electron chi connectivity index (χ2n) is 3.78. The maximum absolute atomic E-state index is 10.2. The van der Waals surface area contributed by atoms with Gasteiger partial charge in [-0.3, -0.25) is 4.79 Å². The van der Waals surface area contributed by atoms with Crippen LogP contribution in [0.25, 0.3) is 0 Å². The Bertz CT molecular complexity index is 328. The Hall–Kier alpha value is -1.57. The summed E-state index contributed by atoms with van der Waals surface area (Å²) in [5.41, 5.74) is 1.35. The third kappa shape index (κ3) is 6.02. The highest BCUT2D eigenvalue weighted by atomic mass is 16.4. The molecule has 0 aliphatic heterocycles. The maximum atomic E-state index is 10.2. The zero-order valence-electron chi connectivity index (χ0n) is 9.43. The van der Waals surface area contributed by atoms with E-state index in [0.29, 0.717) is 0 Å². The van der Waals surface area contributed by atoms with Crippen LogP contribution in [-0.2, 0) is 11.2 Å². The Morgan fingerprint density at radius 1 is 1.12 bits per heavy atom. The Morgan fingerprint density at radius 3 is 2.50 bits per heavy atom. The highest BCUT2D eigenvalue weighted by Crippen LogP contribution is 2.04. The predicted molar refractivity (Wildman–Crippen MR) is 65.4 cm³/mol. The van der Waals surface area contributed by atoms with E-state index in [1.54, 1.807) is 0 Å². The SMILES string of the molecule is O=C(O)CCC/C=C/CCc1ccccc1. The van der Waals surface area contributed by atoms with Crippen molar-refractivity contribution >= 4 is 5.97 Å². The Balaban J connectivity index is 2.07. The zero-order valence-corrected chi connectivity index (χ0v) is 9.43. The number of hydrogen-bond acceptors (Lipinski definition) is 1. The highest BCUT2D eigenvalue weighted by molar-refractivity contribution is 5.66. The van der Waals surface area contributed by atoms with Crippen LogP contribution < -0.4 is 0 Å². The standard InChI is InChI=1S/C14H18O2/c15-14(16)12-8-3-1-2-5-9-13-10-6-4-7-11-13/h1-2,4,6-7,10-11H,3,5,8-9,12H2,(H,15,16)/b2-1+. The minimum absolute atomic E-state index is 0.267. The number of aryl methyl sites for hydroxylation is 1. The van der Waals surface area contributed by atoms with Crippen LogP contribution in [0.4, 0.5) is 0 Å². The van der Waals surface area contributed by atoms with Gasteiger partial charge in [0.2, 0.25) is 0 Å². The topological polar surface area (TPSA) is 37.3 Å². The summed E-state index contributed by atoms with van der Waals surface area (Å²) in [4.78, 5) is 10.2. The van der Waals surface area contributed by atoms with Crippen molar-refractivity contribution in [2.45, 2.75) is 32.1 Å². The number of hydrogen-bond donors (Lipinski definition) is 1. The van der Waals surface area contributed by atoms with Crippen molar-refractivity contribution in [2.75, 3.05) is 0 Å². The number of benzene rings is 1. The molecule has 16 heavy (non-hydrogen) atoms. The molecule has 86 valence electrons. The van der Waals surface area contributed by atoms with E-state index >= 15 is 0 Å². The average molecular weight is 218 g/mol. The number of rotatable bonds is 7. The van der Waals surface area contributed by atoms with Crippen LogP contribution in [0.15, 0.2) is 42.5 Å². The number of carboxylic acid groups (broad SMARTS) is 1. The first-order chi connectivity index (χ1) is 7.79. The third-order valence-electron chi connectivity index (χ3n) is 2.37. The van der Waals surface area contributed by atoms with E-state index in [4.69, 9.17) is 5.11 Å². The van der Waals surface area contributed by atoms with Crippen LogP contribution in [-0.4, -0.2) is 11.1 Å². The van der Waals surface area contributed by atoms with Crippen molar-refractivity contribution in [2.24, 2.45) is 0 Å². The van der Waals surface area contributed by atoms with Gasteiger partial charge >= 0.3 is 5.97 Å². The fourth-order valence-electron chi connectivity index (χ4n) is 1.50. The van der Waals surface area contributed by atoms with E-state index in [1.165, 1.54) is 5.56 Å². The summed E-state index contributed by atoms with van der Waals surface area (Å²) in [6.45, 7) is 0. The first-order valence-corrected chi connectivity index (χ1v) is 5.70. The van der Waals surface area contributed by atoms with E-state index in [2.05, 4.69) is 24.3 Å². The summed E-state index contributed by atoms with van der Waals surface area (Å²) < 4.78 is 0. The molecule has 0 aliphatic rings. The van der Waals surface area contributed by atoms with Crippen LogP contribution in [0.1, 0.15) is 31.2 Å². The molecule has 1 rings (SSSR count). The summed E-state index contributed by atoms with van der Waals surface area (Å²) in [5.74, 6) is -0.710. The smallest absolute Gasteiger partial charge is 0.303 e. The molecule has 0 heterocycles. The van der Waals surface area contributed by atoms with Gasteiger partial charge in [-0.25, -0.2) is 0 Å². The van der Waals surface area contributed by atoms with Crippen molar-refractivity contribution in [1.29, 1.82) is 0 Å². The van der Waals surface area contributed by atoms with Crippen molar-refractivity contribution in [3.8, 4) is 0 Å². The molecule has 0 bridgehead atoms. The molecule has 0 atom stereocenters. The van der Waals surface area contributed by atoms with E-state index < -0.39 is 5.97 Å². The first-order valence-electron chi connectivity index (χ1n) is 5.70. The van der Waals surface area contributed by atoms with Crippen molar-refractivity contribution < 1.29 is 9.90 Å². The molecular formula is C14H18O2. The fraction of sp³-hybridized carbons (Fsp3) is 0.357. The molecule has 0 aromatic heterocycles. The molecule has 0 aliphatic carbocycles. The van der Waals surface area contributed by atoms with Crippen LogP contribution in [0.3, 0.4) is 0 Å². The van der Waals surface area contributed by atoms with Gasteiger partial charge in [0, 0.05) is 6.42 Å². The van der Waals surface area contributed by atoms with Gasteiger partial charge in [-0.15, -0.1) is 0 Å². The molecule has 0 unspecified atom stereocenters. The van der Waals surface area contributed by atoms with Gasteiger partial charge in [0.15, 0.2) is 0 Å². The third-order valence-corrected chi connectivity index (χ3v) is 2.37. The minimum atomic E-state index is -0.710. The van der Waals surface area contributed by atoms with E-state index in [-0.39, 0.29) is 6.42 Å². The van der Waals surface area contributed by atoms with Gasteiger partial charge in [-0.05, 0) is 31.2 Å². The van der Waals surface area contributed by atoms with E-state index in [9.17, 15) is 4.79 Å². The van der Waals surface area contributed by atoms with Crippen LogP contribution in [0.5, 0.6) is 0 Å². The summed E-state index contributed by atoms with van der Waals surface area (Å²) in [5, 5.41) is 8.44. The second-order valence-corrected chi connectivity index (χ2v) is 3.78. The fourth-order valence-corrected chi connectivity index (χ4v) is 1.50. The summed E-state index contributed by atoms with van der Waals surface area (Å²) >= 11 is 0. The largest absolute Gasteiger partial charge is 0.481 e. The second kappa shape index (κ2) is 7.69. The van der Waals surface area contributed by atoms with Crippen LogP contribution >= 0.6 is 0 Å². The van der Waals surface area contributed by atoms with Gasteiger partial charge in [-0.2, -0.15) is 0 Å². The number of carboxylic acids is 1. The Morgan fingerprint density at radius 2 is 1.81 bits per heavy atom. The molecular weight excluding hydrogens is 200 g/mol. The van der Waals surface area contributed by atoms with Crippen molar-refractivity contribution in [1.82, 2.24) is 0 Å². The first kappa shape index (κ1) is 12.5. The molecule has 0 radical (unpaired) electrons. The number of carbonyl (C=O) groups is 1. The normalized spacial score (nSPS) is 10.8. The van der Waals surface area contributed by atoms with Crippen LogP contribution in [0, 0.1) is 0 Å². The van der Waals surface area contributed by atoms with Gasteiger partial charge in [-0.1, -0.05) is 42.5 Å². The summed E-state index contributed by atoms with van der Waals surface area (Å²) in [7, 11) is 0. The molecule has 0 saturated heterocycles. The molecule has 1 aromatic rings. The highest BCUT2D eigenvalue weighted by Gasteiger charge is 1.93. The molecule has 0 amide bonds. The lowest BCUT2D eigenvalue weighted by Gasteiger charge is -1.96. The minimum Gasteiger partial charge on any atom is -0.481 e. The van der Waals surface area contributed by atoms with Gasteiger partial charge in [0.05, 0.1) is 0 Å². The van der Waals surface area contributed by atoms with Gasteiger partial charge in [0.25, 0.3) is 0 Å². The molecule has 0 spiro atoms. The molecule has 1 N–H and O–H groups in total. The van der Waals surface area contributed by atoms with Crippen molar-refractivity contribution in [3.63, 3.8) is 0 Å². The summed E-state index contributed by atoms with van der Waals surface area (Å²) in [6, 6.07) is 10.4. The van der Waals surface area contributed by atoms with Crippen molar-refractivity contribution in [3.05, 3.63) is 48.0 Å². The zero-order chi connectivity index (χ0) is 11.6. The molecule has 2 heteroatoms. The quantitative estimate of drug-likeness (QED) is 0.562. The average Bonchev–Trinajstić information content (AvgIpc) is 2.29. The van der Waals surface area contributed by atoms with E-state index in [0.717, 1.165) is 25.7 Å². The molecule has 2 nitrogen and oxygen atoms in total. The summed E-state index contributed by atoms with van der Waals surface area (Å²) in [6.07, 6.45) is 8.15. The lowest BCUT2D eigenvalue weighted by Crippen LogP contribution is -1.92. The molecule has 0 saturated carbocycles. The molecule has 1 aromatic carbocycles. The van der Waals surface area contributed by atoms with Gasteiger partial charge < -0.3 is 5.11 Å². The Labute approximate surface area is 96.6 Å². The lowest BCUT2D eigenvalue weighted by atomic mass is 10.1. The number of allylic oxidation sites excluding steroid dienone is 2. The number of aliphatic carboxylic acids is 1. The Kier molecular flexibility index (Phi) is 6.00.